The highest BCUT2D eigenvalue weighted by molar-refractivity contribution is 6.16. The third-order valence-corrected chi connectivity index (χ3v) is 4.83. The molecule has 3 aromatic carbocycles. The SMILES string of the molecule is CN(C)c1cc2cccc3c2c(c1)c(=O)n1c2ccc(N)cc2nc31. The first-order chi connectivity index (χ1) is 12.0. The molecule has 5 aromatic rings. The number of aromatic nitrogens is 2. The summed E-state index contributed by atoms with van der Waals surface area (Å²) in [5.41, 5.74) is 9.69. The van der Waals surface area contributed by atoms with Crippen LogP contribution in [-0.2, 0) is 0 Å². The van der Waals surface area contributed by atoms with Crippen LogP contribution in [-0.4, -0.2) is 23.5 Å². The van der Waals surface area contributed by atoms with Gasteiger partial charge in [-0.05, 0) is 35.7 Å². The molecule has 2 aromatic heterocycles. The van der Waals surface area contributed by atoms with Gasteiger partial charge in [0.05, 0.1) is 16.4 Å². The number of imidazole rings is 1. The molecule has 0 bridgehead atoms. The van der Waals surface area contributed by atoms with Crippen molar-refractivity contribution in [1.29, 1.82) is 0 Å². The van der Waals surface area contributed by atoms with Crippen molar-refractivity contribution in [1.82, 2.24) is 9.38 Å². The summed E-state index contributed by atoms with van der Waals surface area (Å²) in [6.45, 7) is 0. The van der Waals surface area contributed by atoms with E-state index in [-0.39, 0.29) is 5.56 Å². The van der Waals surface area contributed by atoms with Crippen molar-refractivity contribution in [3.63, 3.8) is 0 Å². The Hall–Kier alpha value is -3.34. The largest absolute Gasteiger partial charge is 0.399 e. The van der Waals surface area contributed by atoms with Crippen LogP contribution in [0.2, 0.25) is 0 Å². The Morgan fingerprint density at radius 1 is 1.04 bits per heavy atom. The summed E-state index contributed by atoms with van der Waals surface area (Å²) >= 11 is 0. The van der Waals surface area contributed by atoms with Crippen molar-refractivity contribution in [3.05, 3.63) is 58.9 Å². The molecule has 0 amide bonds. The van der Waals surface area contributed by atoms with E-state index in [1.807, 2.05) is 55.4 Å². The molecule has 2 heterocycles. The summed E-state index contributed by atoms with van der Waals surface area (Å²) in [6.07, 6.45) is 0. The van der Waals surface area contributed by atoms with Gasteiger partial charge in [0.25, 0.3) is 5.56 Å². The van der Waals surface area contributed by atoms with Gasteiger partial charge in [-0.2, -0.15) is 0 Å². The Morgan fingerprint density at radius 3 is 2.68 bits per heavy atom. The van der Waals surface area contributed by atoms with Gasteiger partial charge in [0.2, 0.25) is 0 Å². The summed E-state index contributed by atoms with van der Waals surface area (Å²) < 4.78 is 1.70. The van der Waals surface area contributed by atoms with Crippen LogP contribution in [0.1, 0.15) is 0 Å². The first-order valence-electron chi connectivity index (χ1n) is 8.12. The normalized spacial score (nSPS) is 11.9. The number of nitrogen functional groups attached to an aromatic ring is 1. The Kier molecular flexibility index (Phi) is 2.58. The maximum atomic E-state index is 13.3. The minimum atomic E-state index is -0.0466. The molecule has 0 atom stereocenters. The first kappa shape index (κ1) is 14.0. The second-order valence-electron chi connectivity index (χ2n) is 6.62. The van der Waals surface area contributed by atoms with E-state index in [4.69, 9.17) is 10.7 Å². The quantitative estimate of drug-likeness (QED) is 0.480. The first-order valence-corrected chi connectivity index (χ1v) is 8.12. The van der Waals surface area contributed by atoms with Crippen LogP contribution >= 0.6 is 0 Å². The highest BCUT2D eigenvalue weighted by Crippen LogP contribution is 2.32. The van der Waals surface area contributed by atoms with Crippen LogP contribution in [0.25, 0.3) is 38.2 Å². The van der Waals surface area contributed by atoms with Gasteiger partial charge in [-0.1, -0.05) is 18.2 Å². The van der Waals surface area contributed by atoms with Crippen LogP contribution in [0.15, 0.2) is 53.3 Å². The lowest BCUT2D eigenvalue weighted by molar-refractivity contribution is 1.13. The van der Waals surface area contributed by atoms with Crippen molar-refractivity contribution in [2.45, 2.75) is 0 Å². The van der Waals surface area contributed by atoms with Crippen molar-refractivity contribution < 1.29 is 0 Å². The highest BCUT2D eigenvalue weighted by Gasteiger charge is 2.17. The van der Waals surface area contributed by atoms with E-state index >= 15 is 0 Å². The predicted octanol–water partition coefficient (Wildman–Crippen LogP) is 3.24. The number of nitrogens with two attached hydrogens (primary N) is 1. The third kappa shape index (κ3) is 1.78. The number of nitrogens with zero attached hydrogens (tertiary/aromatic N) is 3. The van der Waals surface area contributed by atoms with Gasteiger partial charge in [0, 0.05) is 36.2 Å². The molecule has 2 N–H and O–H groups in total. The fourth-order valence-corrected chi connectivity index (χ4v) is 3.63. The average Bonchev–Trinajstić information content (AvgIpc) is 2.97. The fraction of sp³-hybridized carbons (Fsp3) is 0.100. The van der Waals surface area contributed by atoms with Crippen molar-refractivity contribution in [2.75, 3.05) is 24.7 Å². The summed E-state index contributed by atoms with van der Waals surface area (Å²) in [7, 11) is 3.96. The topological polar surface area (TPSA) is 63.6 Å². The predicted molar refractivity (Wildman–Crippen MR) is 104 cm³/mol. The Balaban J connectivity index is 2.12. The summed E-state index contributed by atoms with van der Waals surface area (Å²) in [5, 5.41) is 3.70. The highest BCUT2D eigenvalue weighted by atomic mass is 16.1. The fourth-order valence-electron chi connectivity index (χ4n) is 3.63. The number of rotatable bonds is 1. The van der Waals surface area contributed by atoms with E-state index < -0.39 is 0 Å². The molecule has 25 heavy (non-hydrogen) atoms. The second kappa shape index (κ2) is 4.60. The van der Waals surface area contributed by atoms with Crippen LogP contribution in [0, 0.1) is 0 Å². The van der Waals surface area contributed by atoms with E-state index in [9.17, 15) is 4.79 Å². The number of fused-ring (bicyclic) bond motifs is 4. The molecule has 5 rings (SSSR count). The number of hydrogen-bond donors (Lipinski definition) is 1. The lowest BCUT2D eigenvalue weighted by Crippen LogP contribution is -2.15. The molecule has 0 fully saturated rings. The smallest absolute Gasteiger partial charge is 0.264 e. The van der Waals surface area contributed by atoms with Crippen LogP contribution in [0.5, 0.6) is 0 Å². The van der Waals surface area contributed by atoms with E-state index in [0.29, 0.717) is 16.7 Å². The molecule has 0 saturated carbocycles. The molecule has 0 saturated heterocycles. The van der Waals surface area contributed by atoms with Gasteiger partial charge in [-0.3, -0.25) is 9.20 Å². The number of hydrogen-bond acceptors (Lipinski definition) is 4. The molecule has 0 radical (unpaired) electrons. The van der Waals surface area contributed by atoms with Gasteiger partial charge in [0.1, 0.15) is 5.65 Å². The van der Waals surface area contributed by atoms with E-state index in [2.05, 4.69) is 6.07 Å². The number of anilines is 2. The van der Waals surface area contributed by atoms with Gasteiger partial charge < -0.3 is 10.6 Å². The molecule has 0 unspecified atom stereocenters. The van der Waals surface area contributed by atoms with Gasteiger partial charge in [0.15, 0.2) is 0 Å². The Labute approximate surface area is 143 Å². The average molecular weight is 328 g/mol. The molecule has 122 valence electrons. The van der Waals surface area contributed by atoms with E-state index in [1.165, 1.54) is 0 Å². The molecule has 0 aliphatic carbocycles. The minimum Gasteiger partial charge on any atom is -0.399 e. The molecular formula is C20H16N4O. The maximum Gasteiger partial charge on any atom is 0.264 e. The van der Waals surface area contributed by atoms with Crippen LogP contribution in [0.4, 0.5) is 11.4 Å². The zero-order valence-electron chi connectivity index (χ0n) is 13.9. The van der Waals surface area contributed by atoms with Crippen molar-refractivity contribution in [2.24, 2.45) is 0 Å². The van der Waals surface area contributed by atoms with E-state index in [1.54, 1.807) is 10.5 Å². The Morgan fingerprint density at radius 2 is 1.88 bits per heavy atom. The number of benzene rings is 3. The lowest BCUT2D eigenvalue weighted by atomic mass is 10.0. The van der Waals surface area contributed by atoms with Crippen LogP contribution in [0.3, 0.4) is 0 Å². The monoisotopic (exact) mass is 328 g/mol. The molecule has 0 aliphatic rings. The van der Waals surface area contributed by atoms with Crippen LogP contribution < -0.4 is 16.2 Å². The van der Waals surface area contributed by atoms with Gasteiger partial charge >= 0.3 is 0 Å². The van der Waals surface area contributed by atoms with E-state index in [0.717, 1.165) is 32.9 Å². The number of pyridine rings is 1. The molecular weight excluding hydrogens is 312 g/mol. The molecule has 5 nitrogen and oxygen atoms in total. The molecule has 0 aliphatic heterocycles. The standard InChI is InChI=1S/C20H16N4O/c1-23(2)13-8-11-4-3-5-14-18(11)15(10-13)20(25)24-17-7-6-12(21)9-16(17)22-19(14)24/h3-10H,21H2,1-2H3. The zero-order valence-corrected chi connectivity index (χ0v) is 13.9. The van der Waals surface area contributed by atoms with Gasteiger partial charge in [-0.25, -0.2) is 4.98 Å². The Bertz CT molecular complexity index is 1350. The summed E-state index contributed by atoms with van der Waals surface area (Å²) in [4.78, 5) is 20.0. The second-order valence-corrected chi connectivity index (χ2v) is 6.62. The van der Waals surface area contributed by atoms with Gasteiger partial charge in [-0.15, -0.1) is 0 Å². The van der Waals surface area contributed by atoms with Crippen molar-refractivity contribution in [3.8, 4) is 0 Å². The third-order valence-electron chi connectivity index (χ3n) is 4.83. The summed E-state index contributed by atoms with van der Waals surface area (Å²) in [5.74, 6) is 0. The zero-order chi connectivity index (χ0) is 17.3. The van der Waals surface area contributed by atoms with Crippen molar-refractivity contribution >= 4 is 49.6 Å². The lowest BCUT2D eigenvalue weighted by Gasteiger charge is -2.15. The molecule has 5 heteroatoms. The summed E-state index contributed by atoms with van der Waals surface area (Å²) in [6, 6.07) is 15.6. The maximum absolute atomic E-state index is 13.3. The molecule has 0 spiro atoms. The minimum absolute atomic E-state index is 0.0466.